The summed E-state index contributed by atoms with van der Waals surface area (Å²) in [6, 6.07) is 17.4. The van der Waals surface area contributed by atoms with Crippen molar-refractivity contribution in [3.05, 3.63) is 72.5 Å². The SMILES string of the molecule is COc1ccc(-c2cccc(Oc3ccc(F)cc3S(=O)(=O)NC=O)c2)cc1. The number of amides is 1. The van der Waals surface area contributed by atoms with E-state index in [4.69, 9.17) is 9.47 Å². The summed E-state index contributed by atoms with van der Waals surface area (Å²) in [7, 11) is -2.67. The van der Waals surface area contributed by atoms with E-state index in [0.717, 1.165) is 29.0 Å². The molecule has 8 heteroatoms. The zero-order valence-electron chi connectivity index (χ0n) is 14.8. The van der Waals surface area contributed by atoms with Crippen LogP contribution in [0.4, 0.5) is 4.39 Å². The van der Waals surface area contributed by atoms with Gasteiger partial charge in [-0.3, -0.25) is 9.52 Å². The Morgan fingerprint density at radius 3 is 2.36 bits per heavy atom. The minimum atomic E-state index is -4.25. The molecule has 0 aliphatic carbocycles. The second-order valence-corrected chi connectivity index (χ2v) is 7.37. The Morgan fingerprint density at radius 1 is 0.929 bits per heavy atom. The smallest absolute Gasteiger partial charge is 0.267 e. The van der Waals surface area contributed by atoms with Gasteiger partial charge in [-0.15, -0.1) is 0 Å². The van der Waals surface area contributed by atoms with E-state index in [9.17, 15) is 17.6 Å². The highest BCUT2D eigenvalue weighted by Crippen LogP contribution is 2.32. The molecule has 0 aliphatic rings. The Hall–Kier alpha value is -3.39. The normalized spacial score (nSPS) is 10.9. The average Bonchev–Trinajstić information content (AvgIpc) is 2.69. The van der Waals surface area contributed by atoms with Gasteiger partial charge in [-0.05, 0) is 53.6 Å². The van der Waals surface area contributed by atoms with Gasteiger partial charge in [0, 0.05) is 0 Å². The first-order valence-electron chi connectivity index (χ1n) is 8.11. The van der Waals surface area contributed by atoms with Gasteiger partial charge in [0.2, 0.25) is 6.41 Å². The minimum Gasteiger partial charge on any atom is -0.497 e. The van der Waals surface area contributed by atoms with Gasteiger partial charge in [0.1, 0.15) is 28.0 Å². The Balaban J connectivity index is 1.95. The lowest BCUT2D eigenvalue weighted by molar-refractivity contribution is -0.108. The van der Waals surface area contributed by atoms with Gasteiger partial charge in [0.25, 0.3) is 10.0 Å². The highest BCUT2D eigenvalue weighted by molar-refractivity contribution is 7.90. The van der Waals surface area contributed by atoms with Crippen molar-refractivity contribution in [1.82, 2.24) is 4.72 Å². The molecule has 0 radical (unpaired) electrons. The molecule has 1 amide bonds. The van der Waals surface area contributed by atoms with Gasteiger partial charge in [0.15, 0.2) is 0 Å². The molecule has 0 atom stereocenters. The van der Waals surface area contributed by atoms with Gasteiger partial charge in [-0.25, -0.2) is 12.8 Å². The summed E-state index contributed by atoms with van der Waals surface area (Å²) in [6.45, 7) is 0. The number of sulfonamides is 1. The zero-order chi connectivity index (χ0) is 20.1. The molecular weight excluding hydrogens is 385 g/mol. The number of halogens is 1. The van der Waals surface area contributed by atoms with E-state index in [1.807, 2.05) is 30.3 Å². The molecule has 144 valence electrons. The molecular formula is C20H16FNO5S. The number of carbonyl (C=O) groups excluding carboxylic acids is 1. The number of methoxy groups -OCH3 is 1. The van der Waals surface area contributed by atoms with Crippen LogP contribution in [0.15, 0.2) is 71.6 Å². The molecule has 0 heterocycles. The van der Waals surface area contributed by atoms with E-state index in [2.05, 4.69) is 0 Å². The van der Waals surface area contributed by atoms with Crippen molar-refractivity contribution in [3.63, 3.8) is 0 Å². The van der Waals surface area contributed by atoms with Crippen molar-refractivity contribution in [2.45, 2.75) is 4.90 Å². The van der Waals surface area contributed by atoms with Crippen molar-refractivity contribution >= 4 is 16.4 Å². The van der Waals surface area contributed by atoms with Crippen molar-refractivity contribution in [2.24, 2.45) is 0 Å². The van der Waals surface area contributed by atoms with Gasteiger partial charge in [-0.2, -0.15) is 0 Å². The second-order valence-electron chi connectivity index (χ2n) is 5.69. The molecule has 0 aromatic heterocycles. The molecule has 0 aliphatic heterocycles. The Kier molecular flexibility index (Phi) is 5.60. The fraction of sp³-hybridized carbons (Fsp3) is 0.0500. The Morgan fingerprint density at radius 2 is 1.68 bits per heavy atom. The van der Waals surface area contributed by atoms with E-state index in [-0.39, 0.29) is 12.2 Å². The number of hydrogen-bond donors (Lipinski definition) is 1. The third-order valence-electron chi connectivity index (χ3n) is 3.88. The molecule has 1 N–H and O–H groups in total. The summed E-state index contributed by atoms with van der Waals surface area (Å²) < 4.78 is 50.3. The molecule has 0 saturated heterocycles. The topological polar surface area (TPSA) is 81.7 Å². The van der Waals surface area contributed by atoms with Crippen LogP contribution in [0.1, 0.15) is 0 Å². The first-order chi connectivity index (χ1) is 13.4. The summed E-state index contributed by atoms with van der Waals surface area (Å²) in [5, 5.41) is 0. The molecule has 0 spiro atoms. The van der Waals surface area contributed by atoms with Gasteiger partial charge < -0.3 is 9.47 Å². The summed E-state index contributed by atoms with van der Waals surface area (Å²) in [5.74, 6) is 0.190. The number of ether oxygens (including phenoxy) is 2. The predicted octanol–water partition coefficient (Wildman–Crippen LogP) is 3.73. The van der Waals surface area contributed by atoms with E-state index >= 15 is 0 Å². The monoisotopic (exact) mass is 401 g/mol. The quantitative estimate of drug-likeness (QED) is 0.610. The van der Waals surface area contributed by atoms with Gasteiger partial charge in [0.05, 0.1) is 7.11 Å². The summed E-state index contributed by atoms with van der Waals surface area (Å²) in [6.07, 6.45) is 0.00825. The molecule has 28 heavy (non-hydrogen) atoms. The Labute approximate surface area is 161 Å². The van der Waals surface area contributed by atoms with Crippen LogP contribution in [-0.2, 0) is 14.8 Å². The van der Waals surface area contributed by atoms with Gasteiger partial charge >= 0.3 is 0 Å². The lowest BCUT2D eigenvalue weighted by atomic mass is 10.1. The maximum absolute atomic E-state index is 13.6. The van der Waals surface area contributed by atoms with Crippen LogP contribution < -0.4 is 14.2 Å². The van der Waals surface area contributed by atoms with Crippen molar-refractivity contribution in [3.8, 4) is 28.4 Å². The number of hydrogen-bond acceptors (Lipinski definition) is 5. The van der Waals surface area contributed by atoms with Crippen LogP contribution in [0.2, 0.25) is 0 Å². The lowest BCUT2D eigenvalue weighted by Crippen LogP contribution is -2.22. The highest BCUT2D eigenvalue weighted by atomic mass is 32.2. The van der Waals surface area contributed by atoms with Crippen molar-refractivity contribution in [2.75, 3.05) is 7.11 Å². The molecule has 0 saturated carbocycles. The largest absolute Gasteiger partial charge is 0.497 e. The minimum absolute atomic E-state index is 0.00825. The van der Waals surface area contributed by atoms with Crippen molar-refractivity contribution < 1.29 is 27.1 Å². The maximum atomic E-state index is 13.6. The average molecular weight is 401 g/mol. The van der Waals surface area contributed by atoms with Crippen LogP contribution in [0.25, 0.3) is 11.1 Å². The lowest BCUT2D eigenvalue weighted by Gasteiger charge is -2.12. The van der Waals surface area contributed by atoms with E-state index < -0.39 is 20.7 Å². The number of nitrogens with one attached hydrogen (secondary N) is 1. The molecule has 0 bridgehead atoms. The highest BCUT2D eigenvalue weighted by Gasteiger charge is 2.20. The maximum Gasteiger partial charge on any atom is 0.267 e. The van der Waals surface area contributed by atoms with E-state index in [0.29, 0.717) is 5.75 Å². The van der Waals surface area contributed by atoms with Gasteiger partial charge in [-0.1, -0.05) is 24.3 Å². The van der Waals surface area contributed by atoms with Crippen LogP contribution in [0.5, 0.6) is 17.2 Å². The predicted molar refractivity (Wildman–Crippen MR) is 101 cm³/mol. The first kappa shape index (κ1) is 19.4. The second kappa shape index (κ2) is 8.10. The fourth-order valence-electron chi connectivity index (χ4n) is 2.55. The first-order valence-corrected chi connectivity index (χ1v) is 9.59. The Bertz CT molecular complexity index is 1100. The number of carbonyl (C=O) groups is 1. The number of rotatable bonds is 7. The van der Waals surface area contributed by atoms with E-state index in [1.165, 1.54) is 6.07 Å². The summed E-state index contributed by atoms with van der Waals surface area (Å²) >= 11 is 0. The fourth-order valence-corrected chi connectivity index (χ4v) is 3.45. The summed E-state index contributed by atoms with van der Waals surface area (Å²) in [4.78, 5) is 10.1. The van der Waals surface area contributed by atoms with Crippen LogP contribution in [-0.4, -0.2) is 21.9 Å². The van der Waals surface area contributed by atoms with Crippen LogP contribution in [0, 0.1) is 5.82 Å². The standard InChI is InChI=1S/C20H16FNO5S/c1-26-17-8-5-14(6-9-17)15-3-2-4-18(11-15)27-19-10-7-16(21)12-20(19)28(24,25)22-13-23/h2-13H,1H3,(H,22,23). The third kappa shape index (κ3) is 4.29. The molecule has 3 aromatic rings. The molecule has 0 fully saturated rings. The summed E-state index contributed by atoms with van der Waals surface area (Å²) in [5.41, 5.74) is 1.73. The van der Waals surface area contributed by atoms with Crippen LogP contribution in [0.3, 0.4) is 0 Å². The van der Waals surface area contributed by atoms with Crippen LogP contribution >= 0.6 is 0 Å². The molecule has 3 aromatic carbocycles. The van der Waals surface area contributed by atoms with E-state index in [1.54, 1.807) is 30.0 Å². The molecule has 0 unspecified atom stereocenters. The molecule has 6 nitrogen and oxygen atoms in total. The van der Waals surface area contributed by atoms with Crippen molar-refractivity contribution in [1.29, 1.82) is 0 Å². The zero-order valence-corrected chi connectivity index (χ0v) is 15.6. The number of benzene rings is 3. The molecule has 3 rings (SSSR count). The third-order valence-corrected chi connectivity index (χ3v) is 5.19.